The molecule has 0 bridgehead atoms. The van der Waals surface area contributed by atoms with Gasteiger partial charge in [0, 0.05) is 0 Å². The number of phenolic OH excluding ortho intramolecular Hbond substituents is 1. The van der Waals surface area contributed by atoms with Crippen LogP contribution in [-0.2, 0) is 0 Å². The third-order valence-electron chi connectivity index (χ3n) is 2.97. The molecule has 2 aromatic rings. The van der Waals surface area contributed by atoms with E-state index >= 15 is 0 Å². The highest BCUT2D eigenvalue weighted by Crippen LogP contribution is 2.26. The summed E-state index contributed by atoms with van der Waals surface area (Å²) >= 11 is 0. The van der Waals surface area contributed by atoms with Crippen LogP contribution in [0.2, 0.25) is 0 Å². The van der Waals surface area contributed by atoms with Gasteiger partial charge >= 0.3 is 0 Å². The fourth-order valence-corrected chi connectivity index (χ4v) is 1.78. The summed E-state index contributed by atoms with van der Waals surface area (Å²) in [6, 6.07) is 6.32. The number of anilines is 1. The summed E-state index contributed by atoms with van der Waals surface area (Å²) in [6.45, 7) is 1.45. The van der Waals surface area contributed by atoms with Crippen LogP contribution in [0.25, 0.3) is 0 Å². The summed E-state index contributed by atoms with van der Waals surface area (Å²) in [5, 5.41) is 11.8. The first-order valence-electron chi connectivity index (χ1n) is 6.07. The molecule has 0 fully saturated rings. The van der Waals surface area contributed by atoms with Crippen molar-refractivity contribution in [2.24, 2.45) is 0 Å². The lowest BCUT2D eigenvalue weighted by molar-refractivity contribution is 0.102. The molecule has 21 heavy (non-hydrogen) atoms. The number of benzene rings is 2. The first-order valence-corrected chi connectivity index (χ1v) is 6.07. The third-order valence-corrected chi connectivity index (χ3v) is 2.97. The zero-order chi connectivity index (χ0) is 15.6. The number of ether oxygens (including phenoxy) is 1. The highest BCUT2D eigenvalue weighted by atomic mass is 19.1. The molecule has 110 valence electrons. The smallest absolute Gasteiger partial charge is 0.259 e. The molecule has 0 saturated carbocycles. The molecule has 0 aliphatic rings. The maximum Gasteiger partial charge on any atom is 0.259 e. The number of hydrogen-bond acceptors (Lipinski definition) is 3. The largest absolute Gasteiger partial charge is 0.507 e. The van der Waals surface area contributed by atoms with Gasteiger partial charge in [0.1, 0.15) is 23.0 Å². The second kappa shape index (κ2) is 5.78. The zero-order valence-electron chi connectivity index (χ0n) is 11.4. The quantitative estimate of drug-likeness (QED) is 0.913. The van der Waals surface area contributed by atoms with Gasteiger partial charge in [-0.15, -0.1) is 0 Å². The topological polar surface area (TPSA) is 58.6 Å². The molecule has 1 amide bonds. The van der Waals surface area contributed by atoms with Crippen molar-refractivity contribution < 1.29 is 23.4 Å². The van der Waals surface area contributed by atoms with E-state index in [-0.39, 0.29) is 16.9 Å². The minimum absolute atomic E-state index is 0.144. The van der Waals surface area contributed by atoms with E-state index in [1.165, 1.54) is 38.3 Å². The van der Waals surface area contributed by atoms with Crippen molar-refractivity contribution >= 4 is 11.6 Å². The second-order valence-electron chi connectivity index (χ2n) is 4.39. The molecular weight excluding hydrogens is 280 g/mol. The molecule has 0 aliphatic heterocycles. The minimum Gasteiger partial charge on any atom is -0.507 e. The van der Waals surface area contributed by atoms with Gasteiger partial charge in [-0.1, -0.05) is 6.07 Å². The maximum atomic E-state index is 13.8. The van der Waals surface area contributed by atoms with E-state index in [1.54, 1.807) is 0 Å². The van der Waals surface area contributed by atoms with E-state index < -0.39 is 23.2 Å². The van der Waals surface area contributed by atoms with Crippen LogP contribution in [0.4, 0.5) is 14.5 Å². The van der Waals surface area contributed by atoms with E-state index in [0.717, 1.165) is 6.07 Å². The van der Waals surface area contributed by atoms with Crippen molar-refractivity contribution in [3.05, 3.63) is 53.1 Å². The summed E-state index contributed by atoms with van der Waals surface area (Å²) in [4.78, 5) is 12.1. The number of rotatable bonds is 3. The SMILES string of the molecule is COc1ccc(O)c(C(=O)Nc2c(F)ccc(C)c2F)c1. The van der Waals surface area contributed by atoms with Gasteiger partial charge in [0.05, 0.1) is 12.7 Å². The molecule has 2 aromatic carbocycles. The Balaban J connectivity index is 2.37. The highest BCUT2D eigenvalue weighted by Gasteiger charge is 2.18. The van der Waals surface area contributed by atoms with Gasteiger partial charge in [0.15, 0.2) is 5.82 Å². The lowest BCUT2D eigenvalue weighted by atomic mass is 10.1. The van der Waals surface area contributed by atoms with Crippen LogP contribution in [0.1, 0.15) is 15.9 Å². The predicted molar refractivity (Wildman–Crippen MR) is 73.7 cm³/mol. The highest BCUT2D eigenvalue weighted by molar-refractivity contribution is 6.06. The molecule has 0 aliphatic carbocycles. The Morgan fingerprint density at radius 1 is 1.24 bits per heavy atom. The fraction of sp³-hybridized carbons (Fsp3) is 0.133. The number of phenols is 1. The number of carbonyl (C=O) groups excluding carboxylic acids is 1. The summed E-state index contributed by atoms with van der Waals surface area (Å²) in [5.74, 6) is -2.57. The van der Waals surface area contributed by atoms with Gasteiger partial charge in [0.2, 0.25) is 0 Å². The van der Waals surface area contributed by atoms with Crippen LogP contribution in [-0.4, -0.2) is 18.1 Å². The Morgan fingerprint density at radius 2 is 1.95 bits per heavy atom. The number of methoxy groups -OCH3 is 1. The third kappa shape index (κ3) is 2.94. The van der Waals surface area contributed by atoms with Crippen LogP contribution in [0.15, 0.2) is 30.3 Å². The predicted octanol–water partition coefficient (Wildman–Crippen LogP) is 3.24. The molecule has 0 saturated heterocycles. The van der Waals surface area contributed by atoms with Gasteiger partial charge in [0.25, 0.3) is 5.91 Å². The molecule has 0 atom stereocenters. The summed E-state index contributed by atoms with van der Waals surface area (Å²) in [5.41, 5.74) is -0.501. The van der Waals surface area contributed by atoms with Crippen LogP contribution < -0.4 is 10.1 Å². The van der Waals surface area contributed by atoms with Crippen LogP contribution in [0.3, 0.4) is 0 Å². The Bertz CT molecular complexity index is 702. The van der Waals surface area contributed by atoms with Gasteiger partial charge < -0.3 is 15.2 Å². The molecule has 4 nitrogen and oxygen atoms in total. The van der Waals surface area contributed by atoms with Crippen molar-refractivity contribution in [3.63, 3.8) is 0 Å². The van der Waals surface area contributed by atoms with Crippen molar-refractivity contribution in [3.8, 4) is 11.5 Å². The normalized spacial score (nSPS) is 10.3. The molecule has 0 radical (unpaired) electrons. The number of halogens is 2. The van der Waals surface area contributed by atoms with Crippen LogP contribution >= 0.6 is 0 Å². The second-order valence-corrected chi connectivity index (χ2v) is 4.39. The van der Waals surface area contributed by atoms with E-state index in [9.17, 15) is 18.7 Å². The molecule has 0 aromatic heterocycles. The molecule has 2 N–H and O–H groups in total. The molecule has 2 rings (SSSR count). The summed E-state index contributed by atoms with van der Waals surface area (Å²) in [7, 11) is 1.40. The number of amides is 1. The molecular formula is C15H13F2NO3. The standard InChI is InChI=1S/C15H13F2NO3/c1-8-3-5-11(16)14(13(8)17)18-15(20)10-7-9(21-2)4-6-12(10)19/h3-7,19H,1-2H3,(H,18,20). The van der Waals surface area contributed by atoms with Gasteiger partial charge in [-0.25, -0.2) is 8.78 Å². The number of aryl methyl sites for hydroxylation is 1. The summed E-state index contributed by atoms with van der Waals surface area (Å²) < 4.78 is 32.4. The number of hydrogen-bond donors (Lipinski definition) is 2. The number of aromatic hydroxyl groups is 1. The molecule has 6 heteroatoms. The maximum absolute atomic E-state index is 13.8. The Morgan fingerprint density at radius 3 is 2.62 bits per heavy atom. The lowest BCUT2D eigenvalue weighted by Gasteiger charge is -2.11. The van der Waals surface area contributed by atoms with Crippen LogP contribution in [0, 0.1) is 18.6 Å². The Kier molecular flexibility index (Phi) is 4.07. The molecule has 0 heterocycles. The summed E-state index contributed by atoms with van der Waals surface area (Å²) in [6.07, 6.45) is 0. The monoisotopic (exact) mass is 293 g/mol. The van der Waals surface area contributed by atoms with E-state index in [2.05, 4.69) is 5.32 Å². The van der Waals surface area contributed by atoms with Gasteiger partial charge in [-0.2, -0.15) is 0 Å². The van der Waals surface area contributed by atoms with Gasteiger partial charge in [-0.3, -0.25) is 4.79 Å². The average Bonchev–Trinajstić information content (AvgIpc) is 2.48. The van der Waals surface area contributed by atoms with Crippen molar-refractivity contribution in [1.29, 1.82) is 0 Å². The average molecular weight is 293 g/mol. The first-order chi connectivity index (χ1) is 9.93. The molecule has 0 spiro atoms. The van der Waals surface area contributed by atoms with Crippen molar-refractivity contribution in [1.82, 2.24) is 0 Å². The van der Waals surface area contributed by atoms with Gasteiger partial charge in [-0.05, 0) is 36.8 Å². The fourth-order valence-electron chi connectivity index (χ4n) is 1.78. The van der Waals surface area contributed by atoms with Crippen LogP contribution in [0.5, 0.6) is 11.5 Å². The minimum atomic E-state index is -0.895. The first kappa shape index (κ1) is 14.8. The van der Waals surface area contributed by atoms with E-state index in [1.807, 2.05) is 0 Å². The van der Waals surface area contributed by atoms with Crippen molar-refractivity contribution in [2.45, 2.75) is 6.92 Å². The van der Waals surface area contributed by atoms with Crippen molar-refractivity contribution in [2.75, 3.05) is 12.4 Å². The zero-order valence-corrected chi connectivity index (χ0v) is 11.4. The Hall–Kier alpha value is -2.63. The van der Waals surface area contributed by atoms with E-state index in [0.29, 0.717) is 5.75 Å². The van der Waals surface area contributed by atoms with E-state index in [4.69, 9.17) is 4.74 Å². The lowest BCUT2D eigenvalue weighted by Crippen LogP contribution is -2.15. The number of nitrogens with one attached hydrogen (secondary N) is 1. The molecule has 0 unspecified atom stereocenters. The Labute approximate surface area is 120 Å². The number of carbonyl (C=O) groups is 1.